The van der Waals surface area contributed by atoms with Gasteiger partial charge in [-0.3, -0.25) is 4.90 Å². The third-order valence-electron chi connectivity index (χ3n) is 20.3. The van der Waals surface area contributed by atoms with Gasteiger partial charge in [-0.2, -0.15) is 0 Å². The van der Waals surface area contributed by atoms with Crippen LogP contribution in [-0.2, 0) is 16.2 Å². The van der Waals surface area contributed by atoms with Crippen molar-refractivity contribution in [1.29, 1.82) is 0 Å². The third-order valence-corrected chi connectivity index (χ3v) is 20.3. The van der Waals surface area contributed by atoms with Gasteiger partial charge in [0.1, 0.15) is 39.3 Å². The molecule has 0 amide bonds. The maximum Gasteiger partial charge on any atom is 0.145 e. The Labute approximate surface area is 563 Å². The van der Waals surface area contributed by atoms with Crippen LogP contribution in [0.25, 0.3) is 110 Å². The Bertz CT molecular complexity index is 5940. The minimum Gasteiger partial charge on any atom is -0.455 e. The molecule has 0 N–H and O–H groups in total. The molecule has 4 heterocycles. The van der Waals surface area contributed by atoms with Crippen molar-refractivity contribution in [3.63, 3.8) is 0 Å². The molecule has 0 atom stereocenters. The first kappa shape index (κ1) is 57.9. The Morgan fingerprint density at radius 1 is 0.330 bits per heavy atom. The van der Waals surface area contributed by atoms with Gasteiger partial charge in [0.15, 0.2) is 0 Å². The van der Waals surface area contributed by atoms with Crippen LogP contribution in [0.2, 0.25) is 0 Å². The van der Waals surface area contributed by atoms with Crippen molar-refractivity contribution in [1.82, 2.24) is 4.98 Å². The average Bonchev–Trinajstić information content (AvgIpc) is 1.51. The second kappa shape index (κ2) is 21.9. The fourth-order valence-electron chi connectivity index (χ4n) is 15.8. The van der Waals surface area contributed by atoms with Crippen LogP contribution in [0.3, 0.4) is 0 Å². The summed E-state index contributed by atoms with van der Waals surface area (Å²) in [5, 5.41) is 8.46. The number of aryl methyl sites for hydroxylation is 1. The van der Waals surface area contributed by atoms with E-state index in [1.54, 1.807) is 0 Å². The number of hydrogen-bond donors (Lipinski definition) is 0. The van der Waals surface area contributed by atoms with Gasteiger partial charge in [0, 0.05) is 77.7 Å². The molecule has 0 radical (unpaired) electrons. The second-order valence-electron chi connectivity index (χ2n) is 28.2. The number of anilines is 6. The van der Waals surface area contributed by atoms with E-state index in [2.05, 4.69) is 331 Å². The van der Waals surface area contributed by atoms with Gasteiger partial charge < -0.3 is 18.2 Å². The highest BCUT2D eigenvalue weighted by Gasteiger charge is 2.50. The average molecular weight is 1250 g/mol. The van der Waals surface area contributed by atoms with Crippen molar-refractivity contribution in [3.8, 4) is 33.4 Å². The van der Waals surface area contributed by atoms with E-state index in [4.69, 9.17) is 18.2 Å². The van der Waals surface area contributed by atoms with Crippen LogP contribution < -0.4 is 9.80 Å². The van der Waals surface area contributed by atoms with Crippen LogP contribution in [0, 0.1) is 6.92 Å². The van der Waals surface area contributed by atoms with Crippen LogP contribution in [0.1, 0.15) is 80.5 Å². The zero-order chi connectivity index (χ0) is 65.5. The van der Waals surface area contributed by atoms with E-state index in [1.807, 2.05) is 18.3 Å². The quantitative estimate of drug-likeness (QED) is 0.136. The molecule has 1 aliphatic carbocycles. The molecule has 466 valence electrons. The number of benzene rings is 13. The third kappa shape index (κ3) is 8.96. The van der Waals surface area contributed by atoms with Gasteiger partial charge in [-0.1, -0.05) is 260 Å². The fraction of sp³-hybridized carbons (Fsp3) is 0.110. The van der Waals surface area contributed by atoms with Crippen LogP contribution in [0.15, 0.2) is 305 Å². The summed E-state index contributed by atoms with van der Waals surface area (Å²) < 4.78 is 21.6. The number of nitrogens with zero attached hydrogens (tertiary/aromatic N) is 3. The zero-order valence-corrected chi connectivity index (χ0v) is 55.3. The summed E-state index contributed by atoms with van der Waals surface area (Å²) in [6.45, 7) is 15.8. The number of fused-ring (bicyclic) bond motifs is 15. The molecular weight excluding hydrogens is 1180 g/mol. The first-order chi connectivity index (χ1) is 47.3. The maximum atomic E-state index is 7.71. The summed E-state index contributed by atoms with van der Waals surface area (Å²) in [7, 11) is 0. The zero-order valence-electron chi connectivity index (χ0n) is 55.3. The molecule has 0 saturated heterocycles. The molecule has 6 nitrogen and oxygen atoms in total. The molecule has 0 spiro atoms. The molecular formula is C91H69N3O3. The normalized spacial score (nSPS) is 13.0. The van der Waals surface area contributed by atoms with E-state index < -0.39 is 5.41 Å². The Morgan fingerprint density at radius 2 is 0.763 bits per heavy atom. The van der Waals surface area contributed by atoms with Gasteiger partial charge in [-0.05, 0) is 134 Å². The van der Waals surface area contributed by atoms with Gasteiger partial charge >= 0.3 is 0 Å². The second-order valence-corrected chi connectivity index (χ2v) is 28.2. The van der Waals surface area contributed by atoms with Gasteiger partial charge in [-0.25, -0.2) is 4.98 Å². The molecule has 0 unspecified atom stereocenters. The smallest absolute Gasteiger partial charge is 0.145 e. The van der Waals surface area contributed by atoms with Gasteiger partial charge in [-0.15, -0.1) is 0 Å². The van der Waals surface area contributed by atoms with E-state index in [-0.39, 0.29) is 10.8 Å². The molecule has 0 fully saturated rings. The first-order valence-corrected chi connectivity index (χ1v) is 33.7. The Kier molecular flexibility index (Phi) is 13.1. The molecule has 0 saturated carbocycles. The summed E-state index contributed by atoms with van der Waals surface area (Å²) in [4.78, 5) is 10.6. The lowest BCUT2D eigenvalue weighted by Crippen LogP contribution is -2.29. The minimum absolute atomic E-state index is 0.0822. The molecule has 17 aromatic rings. The van der Waals surface area contributed by atoms with E-state index in [0.717, 1.165) is 172 Å². The molecule has 97 heavy (non-hydrogen) atoms. The number of aromatic nitrogens is 1. The molecule has 13 aromatic carbocycles. The van der Waals surface area contributed by atoms with Gasteiger partial charge in [0.05, 0.1) is 27.9 Å². The van der Waals surface area contributed by atoms with E-state index in [9.17, 15) is 0 Å². The number of pyridine rings is 1. The van der Waals surface area contributed by atoms with Crippen LogP contribution >= 0.6 is 0 Å². The highest BCUT2D eigenvalue weighted by atomic mass is 16.3. The summed E-state index contributed by atoms with van der Waals surface area (Å²) in [5.41, 5.74) is 22.8. The predicted molar refractivity (Wildman–Crippen MR) is 403 cm³/mol. The largest absolute Gasteiger partial charge is 0.455 e. The number of rotatable bonds is 10. The lowest BCUT2D eigenvalue weighted by atomic mass is 9.67. The predicted octanol–water partition coefficient (Wildman–Crippen LogP) is 25.5. The van der Waals surface area contributed by atoms with Crippen molar-refractivity contribution >= 4 is 111 Å². The number of para-hydroxylation sites is 6. The monoisotopic (exact) mass is 1250 g/mol. The van der Waals surface area contributed by atoms with Crippen molar-refractivity contribution in [2.45, 2.75) is 64.7 Å². The molecule has 0 bridgehead atoms. The van der Waals surface area contributed by atoms with Crippen molar-refractivity contribution in [3.05, 3.63) is 330 Å². The Morgan fingerprint density at radius 3 is 1.34 bits per heavy atom. The number of furan rings is 3. The Balaban J connectivity index is 0.981. The maximum absolute atomic E-state index is 7.71. The lowest BCUT2D eigenvalue weighted by Gasteiger charge is -2.36. The first-order valence-electron chi connectivity index (χ1n) is 33.7. The van der Waals surface area contributed by atoms with Crippen molar-refractivity contribution in [2.75, 3.05) is 9.80 Å². The topological polar surface area (TPSA) is 58.8 Å². The molecule has 4 aromatic heterocycles. The highest BCUT2D eigenvalue weighted by molar-refractivity contribution is 6.23. The summed E-state index contributed by atoms with van der Waals surface area (Å²) in [5.74, 6) is 0.756. The van der Waals surface area contributed by atoms with E-state index in [1.165, 1.54) is 11.1 Å². The van der Waals surface area contributed by atoms with Crippen molar-refractivity contribution in [2.24, 2.45) is 0 Å². The summed E-state index contributed by atoms with van der Waals surface area (Å²) in [6, 6.07) is 104. The highest BCUT2D eigenvalue weighted by Crippen LogP contribution is 2.64. The molecule has 18 rings (SSSR count). The molecule has 0 aliphatic heterocycles. The number of hydrogen-bond acceptors (Lipinski definition) is 6. The summed E-state index contributed by atoms with van der Waals surface area (Å²) in [6.07, 6.45) is 2.01. The van der Waals surface area contributed by atoms with Gasteiger partial charge in [0.2, 0.25) is 0 Å². The van der Waals surface area contributed by atoms with Gasteiger partial charge in [0.25, 0.3) is 0 Å². The summed E-state index contributed by atoms with van der Waals surface area (Å²) >= 11 is 0. The van der Waals surface area contributed by atoms with E-state index >= 15 is 0 Å². The SMILES string of the molecule is Cc1cnc(N(c2ccc(C(C)(C)C)cc2)c2cc3c(c4oc5ccccc5c24)-c2c(cc(N(c4ccc(C(C)(C)C)cc4)c4ccccc4-c4cccc5c4oc4ccccc45)c4ccccc24)C3(c2ccccc2)c2ccccc2)c(-c2cccc3c2oc2ccccc23)c1. The van der Waals surface area contributed by atoms with Crippen LogP contribution in [-0.4, -0.2) is 4.98 Å². The fourth-order valence-corrected chi connectivity index (χ4v) is 15.8. The van der Waals surface area contributed by atoms with E-state index in [0.29, 0.717) is 0 Å². The molecule has 6 heteroatoms. The Hall–Kier alpha value is -11.7. The molecule has 1 aliphatic rings. The minimum atomic E-state index is -0.972. The standard InChI is InChI=1S/C91H69N3O3/c1-56-52-73(71-39-25-38-70-66-33-18-22-42-80(66)96-86(70)71)88(92-55-56)94(62-50-46-58(47-51-62)90(5,6)7)78-54-75-84(87-83(78)72-35-19-23-43-81(72)97-87)82-67-34-15-14-30-63(67)77(53-74(82)91(75,59-26-10-8-11-27-59)60-28-12-9-13-29-60)93(61-48-44-57(45-49-61)89(2,3)4)76-40-20-16-31-64(76)68-36-24-37-69-65-32-17-21-41-79(65)95-85(68)69/h8-55H,1-7H3. The van der Waals surface area contributed by atoms with Crippen LogP contribution in [0.5, 0.6) is 0 Å². The lowest BCUT2D eigenvalue weighted by molar-refractivity contribution is 0.590. The van der Waals surface area contributed by atoms with Crippen molar-refractivity contribution < 1.29 is 13.3 Å². The van der Waals surface area contributed by atoms with Crippen LogP contribution in [0.4, 0.5) is 34.3 Å².